The number of likely N-dealkylation sites (tertiary alicyclic amines) is 1. The van der Waals surface area contributed by atoms with Gasteiger partial charge in [0, 0.05) is 46.4 Å². The van der Waals surface area contributed by atoms with Gasteiger partial charge in [-0.25, -0.2) is 4.79 Å². The molecule has 3 aliphatic heterocycles. The Kier molecular flexibility index (Phi) is 10.1. The van der Waals surface area contributed by atoms with Crippen LogP contribution in [-0.2, 0) is 32.4 Å². The lowest BCUT2D eigenvalue weighted by molar-refractivity contribution is 0.0631. The van der Waals surface area contributed by atoms with E-state index in [1.807, 2.05) is 41.1 Å². The van der Waals surface area contributed by atoms with Gasteiger partial charge in [-0.05, 0) is 112 Å². The minimum absolute atomic E-state index is 0.406. The summed E-state index contributed by atoms with van der Waals surface area (Å²) < 4.78 is 1.97. The van der Waals surface area contributed by atoms with Gasteiger partial charge < -0.3 is 26.0 Å². The first-order chi connectivity index (χ1) is 21.3. The van der Waals surface area contributed by atoms with Crippen LogP contribution in [0.3, 0.4) is 0 Å². The number of aromatic nitrogens is 2. The number of aryl methyl sites for hydroxylation is 2. The Hall–Kier alpha value is -2.62. The standard InChI is InChI=1S/C34H44Cl2N6O2/c35-28-6-2-23(3-7-28)1-4-26-19-27(5-8-31(26)36)33-30-22-41(34(37)44)18-13-32(30)42(39-33)21-29(43)20-40-16-11-25(12-17-40)24-9-14-38-15-10-24/h2-3,5-8,19,24-25,29,38,43H,1,4,9-18,20-22H2,(H2,37,44)/t29-/m0/s1. The van der Waals surface area contributed by atoms with E-state index in [4.69, 9.17) is 34.0 Å². The van der Waals surface area contributed by atoms with Crippen LogP contribution in [-0.4, -0.2) is 76.1 Å². The smallest absolute Gasteiger partial charge is 0.315 e. The molecule has 0 bridgehead atoms. The number of carbonyl (C=O) groups excluding carboxylic acids is 1. The fourth-order valence-electron chi connectivity index (χ4n) is 7.38. The maximum atomic E-state index is 12.1. The largest absolute Gasteiger partial charge is 0.390 e. The Bertz CT molecular complexity index is 1430. The molecule has 2 fully saturated rings. The number of amides is 2. The van der Waals surface area contributed by atoms with E-state index in [1.165, 1.54) is 31.2 Å². The minimum Gasteiger partial charge on any atom is -0.390 e. The van der Waals surface area contributed by atoms with E-state index in [0.29, 0.717) is 37.6 Å². The molecule has 3 aromatic rings. The van der Waals surface area contributed by atoms with Gasteiger partial charge in [0.2, 0.25) is 0 Å². The van der Waals surface area contributed by atoms with Gasteiger partial charge in [-0.15, -0.1) is 0 Å². The summed E-state index contributed by atoms with van der Waals surface area (Å²) in [5, 5.41) is 21.2. The van der Waals surface area contributed by atoms with E-state index in [1.54, 1.807) is 4.90 Å². The highest BCUT2D eigenvalue weighted by Crippen LogP contribution is 2.34. The molecule has 1 atom stereocenters. The molecule has 0 aliphatic carbocycles. The van der Waals surface area contributed by atoms with Crippen molar-refractivity contribution in [3.63, 3.8) is 0 Å². The van der Waals surface area contributed by atoms with Crippen molar-refractivity contribution in [1.29, 1.82) is 0 Å². The summed E-state index contributed by atoms with van der Waals surface area (Å²) in [6.07, 6.45) is 6.77. The van der Waals surface area contributed by atoms with Gasteiger partial charge in [0.1, 0.15) is 0 Å². The Morgan fingerprint density at radius 3 is 2.43 bits per heavy atom. The molecule has 8 nitrogen and oxygen atoms in total. The topological polar surface area (TPSA) is 99.7 Å². The number of nitrogens with one attached hydrogen (secondary N) is 1. The lowest BCUT2D eigenvalue weighted by Crippen LogP contribution is -2.43. The van der Waals surface area contributed by atoms with E-state index in [0.717, 1.165) is 84.0 Å². The molecule has 0 spiro atoms. The number of hydrogen-bond acceptors (Lipinski definition) is 5. The second-order valence-corrected chi connectivity index (χ2v) is 13.6. The number of fused-ring (bicyclic) bond motifs is 1. The summed E-state index contributed by atoms with van der Waals surface area (Å²) in [4.78, 5) is 16.2. The summed E-state index contributed by atoms with van der Waals surface area (Å²) in [7, 11) is 0. The number of rotatable bonds is 9. The monoisotopic (exact) mass is 638 g/mol. The second kappa shape index (κ2) is 14.2. The first-order valence-electron chi connectivity index (χ1n) is 16.1. The van der Waals surface area contributed by atoms with Crippen LogP contribution in [0.4, 0.5) is 4.79 Å². The number of hydrogen-bond donors (Lipinski definition) is 3. The van der Waals surface area contributed by atoms with Crippen LogP contribution in [0.2, 0.25) is 10.0 Å². The maximum absolute atomic E-state index is 12.1. The van der Waals surface area contributed by atoms with Crippen molar-refractivity contribution < 1.29 is 9.90 Å². The molecule has 4 heterocycles. The van der Waals surface area contributed by atoms with Crippen molar-refractivity contribution in [2.75, 3.05) is 39.3 Å². The zero-order valence-corrected chi connectivity index (χ0v) is 26.9. The highest BCUT2D eigenvalue weighted by molar-refractivity contribution is 6.31. The van der Waals surface area contributed by atoms with E-state index in [2.05, 4.69) is 16.3 Å². The number of β-amino-alcohol motifs (C(OH)–C–C–N with tert-alkyl or cyclic N) is 1. The van der Waals surface area contributed by atoms with Gasteiger partial charge in [-0.2, -0.15) is 5.10 Å². The SMILES string of the molecule is NC(=O)N1CCc2c(c(-c3ccc(Cl)c(CCc4ccc(Cl)cc4)c3)nn2C[C@@H](O)CN2CCC(C3CCNCC3)CC2)C1. The molecule has 2 saturated heterocycles. The van der Waals surface area contributed by atoms with E-state index in [-0.39, 0.29) is 0 Å². The van der Waals surface area contributed by atoms with E-state index in [9.17, 15) is 9.90 Å². The van der Waals surface area contributed by atoms with Gasteiger partial charge in [-0.3, -0.25) is 4.68 Å². The first-order valence-corrected chi connectivity index (χ1v) is 16.9. The first kappa shape index (κ1) is 31.4. The van der Waals surface area contributed by atoms with Crippen molar-refractivity contribution in [3.05, 3.63) is 74.9 Å². The molecule has 4 N–H and O–H groups in total. The van der Waals surface area contributed by atoms with Crippen LogP contribution in [0, 0.1) is 11.8 Å². The predicted octanol–water partition coefficient (Wildman–Crippen LogP) is 5.15. The van der Waals surface area contributed by atoms with Crippen molar-refractivity contribution in [2.24, 2.45) is 17.6 Å². The third-order valence-corrected chi connectivity index (χ3v) is 10.5. The minimum atomic E-state index is -0.531. The highest BCUT2D eigenvalue weighted by Gasteiger charge is 2.30. The molecule has 44 heavy (non-hydrogen) atoms. The molecule has 236 valence electrons. The summed E-state index contributed by atoms with van der Waals surface area (Å²) in [6, 6.07) is 13.5. The lowest BCUT2D eigenvalue weighted by Gasteiger charge is -2.38. The third kappa shape index (κ3) is 7.43. The average Bonchev–Trinajstić information content (AvgIpc) is 3.39. The van der Waals surface area contributed by atoms with Gasteiger partial charge in [0.05, 0.1) is 24.9 Å². The Morgan fingerprint density at radius 1 is 0.977 bits per heavy atom. The molecular weight excluding hydrogens is 595 g/mol. The Balaban J connectivity index is 1.16. The molecule has 1 aromatic heterocycles. The fraction of sp³-hybridized carbons (Fsp3) is 0.529. The molecule has 10 heteroatoms. The normalized spacial score (nSPS) is 19.2. The lowest BCUT2D eigenvalue weighted by atomic mass is 9.79. The van der Waals surface area contributed by atoms with Gasteiger partial charge >= 0.3 is 6.03 Å². The van der Waals surface area contributed by atoms with Gasteiger partial charge in [0.25, 0.3) is 0 Å². The summed E-state index contributed by atoms with van der Waals surface area (Å²) in [5.74, 6) is 1.66. The molecule has 3 aliphatic rings. The van der Waals surface area contributed by atoms with Crippen molar-refractivity contribution in [3.8, 4) is 11.3 Å². The van der Waals surface area contributed by atoms with E-state index < -0.39 is 12.1 Å². The van der Waals surface area contributed by atoms with Crippen LogP contribution >= 0.6 is 23.2 Å². The number of aliphatic hydroxyl groups is 1. The molecule has 0 saturated carbocycles. The molecule has 6 rings (SSSR count). The molecular formula is C34H44Cl2N6O2. The van der Waals surface area contributed by atoms with E-state index >= 15 is 0 Å². The summed E-state index contributed by atoms with van der Waals surface area (Å²) in [6.45, 7) is 6.41. The molecule has 2 aromatic carbocycles. The Labute approximate surface area is 270 Å². The number of halogens is 2. The zero-order chi connectivity index (χ0) is 30.6. The quantitative estimate of drug-likeness (QED) is 0.301. The summed E-state index contributed by atoms with van der Waals surface area (Å²) in [5.41, 5.74) is 11.8. The average molecular weight is 640 g/mol. The number of benzene rings is 2. The van der Waals surface area contributed by atoms with Crippen LogP contribution in [0.25, 0.3) is 11.3 Å². The zero-order valence-electron chi connectivity index (χ0n) is 25.4. The van der Waals surface area contributed by atoms with Crippen molar-refractivity contribution in [2.45, 2.75) is 64.1 Å². The molecule has 2 amide bonds. The van der Waals surface area contributed by atoms with Crippen molar-refractivity contribution in [1.82, 2.24) is 24.9 Å². The predicted molar refractivity (Wildman–Crippen MR) is 176 cm³/mol. The number of aliphatic hydroxyl groups excluding tert-OH is 1. The fourth-order valence-corrected chi connectivity index (χ4v) is 7.72. The van der Waals surface area contributed by atoms with Crippen molar-refractivity contribution >= 4 is 29.2 Å². The second-order valence-electron chi connectivity index (χ2n) is 12.8. The maximum Gasteiger partial charge on any atom is 0.315 e. The third-order valence-electron chi connectivity index (χ3n) is 9.90. The summed E-state index contributed by atoms with van der Waals surface area (Å²) >= 11 is 12.7. The molecule has 0 unspecified atom stereocenters. The Morgan fingerprint density at radius 2 is 1.70 bits per heavy atom. The number of urea groups is 1. The number of primary amides is 1. The molecule has 0 radical (unpaired) electrons. The number of carbonyl (C=O) groups is 1. The number of nitrogens with two attached hydrogens (primary N) is 1. The van der Waals surface area contributed by atoms with Crippen LogP contribution in [0.15, 0.2) is 42.5 Å². The van der Waals surface area contributed by atoms with Crippen LogP contribution < -0.4 is 11.1 Å². The highest BCUT2D eigenvalue weighted by atomic mass is 35.5. The van der Waals surface area contributed by atoms with Gasteiger partial charge in [-0.1, -0.05) is 41.4 Å². The number of nitrogens with zero attached hydrogens (tertiary/aromatic N) is 4. The number of piperidine rings is 2. The van der Waals surface area contributed by atoms with Crippen LogP contribution in [0.1, 0.15) is 48.1 Å². The van der Waals surface area contributed by atoms with Crippen LogP contribution in [0.5, 0.6) is 0 Å². The van der Waals surface area contributed by atoms with Gasteiger partial charge in [0.15, 0.2) is 0 Å².